The monoisotopic (exact) mass is 540 g/mol. The average Bonchev–Trinajstić information content (AvgIpc) is 3.33. The molecule has 1 amide bonds. The Hall–Kier alpha value is -3.31. The maximum atomic E-state index is 13.1. The molecule has 0 spiro atoms. The number of fused-ring (bicyclic) bond motifs is 4. The van der Waals surface area contributed by atoms with Crippen LogP contribution in [0.2, 0.25) is 0 Å². The van der Waals surface area contributed by atoms with Crippen LogP contribution in [-0.2, 0) is 16.6 Å². The normalized spacial score (nSPS) is 19.3. The zero-order valence-corrected chi connectivity index (χ0v) is 22.3. The molecule has 0 atom stereocenters. The Morgan fingerprint density at radius 3 is 2.39 bits per heavy atom. The van der Waals surface area contributed by atoms with Crippen LogP contribution in [0.15, 0.2) is 46.1 Å². The summed E-state index contributed by atoms with van der Waals surface area (Å²) in [6, 6.07) is 11.1. The van der Waals surface area contributed by atoms with Gasteiger partial charge in [-0.15, -0.1) is 0 Å². The van der Waals surface area contributed by atoms with Crippen molar-refractivity contribution in [1.29, 1.82) is 0 Å². The summed E-state index contributed by atoms with van der Waals surface area (Å²) < 4.78 is 42.0. The molecule has 1 fully saturated rings. The van der Waals surface area contributed by atoms with Crippen molar-refractivity contribution in [3.8, 4) is 11.5 Å². The quantitative estimate of drug-likeness (QED) is 0.425. The van der Waals surface area contributed by atoms with Gasteiger partial charge in [0, 0.05) is 32.2 Å². The topological polar surface area (TPSA) is 103 Å². The molecular formula is C27H32N4O6S. The minimum Gasteiger partial charge on any atom is -0.486 e. The lowest BCUT2D eigenvalue weighted by atomic mass is 10.0. The van der Waals surface area contributed by atoms with Crippen molar-refractivity contribution in [2.75, 3.05) is 39.4 Å². The van der Waals surface area contributed by atoms with Gasteiger partial charge in [0.2, 0.25) is 0 Å². The van der Waals surface area contributed by atoms with Crippen molar-refractivity contribution in [2.45, 2.75) is 50.1 Å². The summed E-state index contributed by atoms with van der Waals surface area (Å²) in [5.41, 5.74) is 2.12. The van der Waals surface area contributed by atoms with E-state index in [2.05, 4.69) is 4.90 Å². The van der Waals surface area contributed by atoms with Crippen LogP contribution in [0.25, 0.3) is 11.0 Å². The van der Waals surface area contributed by atoms with E-state index in [9.17, 15) is 18.0 Å². The molecule has 1 aromatic heterocycles. The number of para-hydroxylation sites is 2. The third kappa shape index (κ3) is 3.99. The van der Waals surface area contributed by atoms with E-state index in [1.165, 1.54) is 6.07 Å². The highest BCUT2D eigenvalue weighted by atomic mass is 32.2. The highest BCUT2D eigenvalue weighted by Gasteiger charge is 2.44. The van der Waals surface area contributed by atoms with Crippen LogP contribution in [0.3, 0.4) is 0 Å². The van der Waals surface area contributed by atoms with Crippen molar-refractivity contribution >= 4 is 27.0 Å². The molecular weight excluding hydrogens is 508 g/mol. The second-order valence-electron chi connectivity index (χ2n) is 10.0. The van der Waals surface area contributed by atoms with E-state index in [-0.39, 0.29) is 41.1 Å². The van der Waals surface area contributed by atoms with Crippen LogP contribution in [0.1, 0.15) is 49.0 Å². The van der Waals surface area contributed by atoms with Gasteiger partial charge in [0.05, 0.1) is 11.0 Å². The SMILES string of the molecule is CCn1c(=O)n(C2CCN(CCCCN3C(=O)c4c(ccc5c4OCCO5)S3(=O)=O)CC2)c2ccccc21. The number of carbonyl (C=O) groups is 1. The lowest BCUT2D eigenvalue weighted by Gasteiger charge is -2.32. The number of nitrogens with zero attached hydrogens (tertiary/aromatic N) is 4. The van der Waals surface area contributed by atoms with Crippen molar-refractivity contribution in [2.24, 2.45) is 0 Å². The van der Waals surface area contributed by atoms with Gasteiger partial charge < -0.3 is 14.4 Å². The first kappa shape index (κ1) is 25.0. The van der Waals surface area contributed by atoms with Gasteiger partial charge in [0.25, 0.3) is 15.9 Å². The Labute approximate surface area is 221 Å². The molecule has 0 N–H and O–H groups in total. The lowest BCUT2D eigenvalue weighted by Crippen LogP contribution is -2.38. The molecule has 3 aliphatic heterocycles. The summed E-state index contributed by atoms with van der Waals surface area (Å²) >= 11 is 0. The van der Waals surface area contributed by atoms with E-state index >= 15 is 0 Å². The van der Waals surface area contributed by atoms with E-state index in [1.54, 1.807) is 6.07 Å². The predicted molar refractivity (Wildman–Crippen MR) is 141 cm³/mol. The van der Waals surface area contributed by atoms with Gasteiger partial charge in [-0.25, -0.2) is 17.5 Å². The number of unbranched alkanes of at least 4 members (excludes halogenated alkanes) is 1. The molecule has 0 saturated carbocycles. The molecule has 4 heterocycles. The molecule has 3 aliphatic rings. The maximum Gasteiger partial charge on any atom is 0.329 e. The fraction of sp³-hybridized carbons (Fsp3) is 0.481. The number of carbonyl (C=O) groups excluding carboxylic acids is 1. The Bertz CT molecular complexity index is 1550. The molecule has 0 bridgehead atoms. The van der Waals surface area contributed by atoms with Crippen LogP contribution < -0.4 is 15.2 Å². The van der Waals surface area contributed by atoms with E-state index in [0.717, 1.165) is 54.2 Å². The molecule has 6 rings (SSSR count). The average molecular weight is 541 g/mol. The van der Waals surface area contributed by atoms with E-state index < -0.39 is 15.9 Å². The van der Waals surface area contributed by atoms with Gasteiger partial charge in [0.1, 0.15) is 23.7 Å². The molecule has 3 aromatic rings. The molecule has 10 nitrogen and oxygen atoms in total. The van der Waals surface area contributed by atoms with Crippen LogP contribution in [0.4, 0.5) is 0 Å². The van der Waals surface area contributed by atoms with Gasteiger partial charge in [-0.05, 0) is 63.4 Å². The summed E-state index contributed by atoms with van der Waals surface area (Å²) in [7, 11) is -3.89. The number of amides is 1. The minimum atomic E-state index is -3.89. The molecule has 1 saturated heterocycles. The summed E-state index contributed by atoms with van der Waals surface area (Å²) in [4.78, 5) is 28.5. The van der Waals surface area contributed by atoms with Gasteiger partial charge in [0.15, 0.2) is 11.5 Å². The van der Waals surface area contributed by atoms with Gasteiger partial charge in [-0.1, -0.05) is 12.1 Å². The first-order valence-corrected chi connectivity index (χ1v) is 14.8. The Morgan fingerprint density at radius 2 is 1.63 bits per heavy atom. The van der Waals surface area contributed by atoms with Gasteiger partial charge in [-0.2, -0.15) is 0 Å². The first-order valence-electron chi connectivity index (χ1n) is 13.3. The summed E-state index contributed by atoms with van der Waals surface area (Å²) in [6.07, 6.45) is 3.12. The number of sulfonamides is 1. The molecule has 0 unspecified atom stereocenters. The molecule has 11 heteroatoms. The maximum absolute atomic E-state index is 13.1. The first-order chi connectivity index (χ1) is 18.4. The zero-order valence-electron chi connectivity index (χ0n) is 21.5. The second kappa shape index (κ2) is 9.77. The number of benzene rings is 2. The fourth-order valence-corrected chi connectivity index (χ4v) is 7.57. The van der Waals surface area contributed by atoms with Crippen LogP contribution in [0, 0.1) is 0 Å². The van der Waals surface area contributed by atoms with Crippen molar-refractivity contribution < 1.29 is 22.7 Å². The lowest BCUT2D eigenvalue weighted by molar-refractivity contribution is 0.0857. The van der Waals surface area contributed by atoms with E-state index in [1.807, 2.05) is 40.3 Å². The Morgan fingerprint density at radius 1 is 0.921 bits per heavy atom. The number of likely N-dealkylation sites (tertiary alicyclic amines) is 1. The number of aromatic nitrogens is 2. The summed E-state index contributed by atoms with van der Waals surface area (Å²) in [6.45, 7) is 5.99. The molecule has 2 aromatic carbocycles. The highest BCUT2D eigenvalue weighted by Crippen LogP contribution is 2.43. The third-order valence-corrected chi connectivity index (χ3v) is 9.70. The van der Waals surface area contributed by atoms with E-state index in [4.69, 9.17) is 9.47 Å². The van der Waals surface area contributed by atoms with Crippen molar-refractivity contribution in [3.05, 3.63) is 52.4 Å². The largest absolute Gasteiger partial charge is 0.486 e. The molecule has 0 aliphatic carbocycles. The third-order valence-electron chi connectivity index (χ3n) is 7.87. The van der Waals surface area contributed by atoms with Gasteiger partial charge in [-0.3, -0.25) is 13.9 Å². The van der Waals surface area contributed by atoms with E-state index in [0.29, 0.717) is 25.3 Å². The number of piperidine rings is 1. The molecule has 0 radical (unpaired) electrons. The molecule has 202 valence electrons. The standard InChI is InChI=1S/C27H32N4O6S/c1-2-29-20-7-3-4-8-21(20)31(27(29)33)19-11-15-28(16-12-19)13-5-6-14-30-26(32)24-23(38(30,34)35)10-9-22-25(24)37-18-17-36-22/h3-4,7-10,19H,2,5-6,11-18H2,1H3. The zero-order chi connectivity index (χ0) is 26.4. The predicted octanol–water partition coefficient (Wildman–Crippen LogP) is 2.86. The Balaban J connectivity index is 1.05. The Kier molecular flexibility index (Phi) is 6.43. The second-order valence-corrected chi connectivity index (χ2v) is 11.8. The number of rotatable bonds is 7. The van der Waals surface area contributed by atoms with Crippen molar-refractivity contribution in [3.63, 3.8) is 0 Å². The summed E-state index contributed by atoms with van der Waals surface area (Å²) in [5.74, 6) is 0.0963. The van der Waals surface area contributed by atoms with Crippen LogP contribution >= 0.6 is 0 Å². The number of aryl methyl sites for hydroxylation is 1. The van der Waals surface area contributed by atoms with Crippen molar-refractivity contribution in [1.82, 2.24) is 18.3 Å². The number of imidazole rings is 1. The number of hydrogen-bond acceptors (Lipinski definition) is 7. The smallest absolute Gasteiger partial charge is 0.329 e. The summed E-state index contributed by atoms with van der Waals surface area (Å²) in [5, 5.41) is 0. The highest BCUT2D eigenvalue weighted by molar-refractivity contribution is 7.90. The number of hydrogen-bond donors (Lipinski definition) is 0. The number of ether oxygens (including phenoxy) is 2. The fourth-order valence-electron chi connectivity index (χ4n) is 5.97. The van der Waals surface area contributed by atoms with Crippen LogP contribution in [0.5, 0.6) is 11.5 Å². The minimum absolute atomic E-state index is 0.00602. The molecule has 38 heavy (non-hydrogen) atoms. The van der Waals surface area contributed by atoms with Gasteiger partial charge >= 0.3 is 5.69 Å². The van der Waals surface area contributed by atoms with Crippen LogP contribution in [-0.4, -0.2) is 72.1 Å².